The molecule has 170 valence electrons. The molecule has 0 spiro atoms. The highest BCUT2D eigenvalue weighted by Crippen LogP contribution is 2.28. The number of nitrogens with zero attached hydrogens (tertiary/aromatic N) is 2. The average molecular weight is 436 g/mol. The normalized spacial score (nSPS) is 17.1. The lowest BCUT2D eigenvalue weighted by Crippen LogP contribution is -2.36. The molecule has 1 amide bonds. The summed E-state index contributed by atoms with van der Waals surface area (Å²) in [6.45, 7) is 10.2. The molecule has 2 aromatic carbocycles. The Labute approximate surface area is 189 Å². The van der Waals surface area contributed by atoms with Crippen LogP contribution >= 0.6 is 0 Å². The average Bonchev–Trinajstić information content (AvgIpc) is 3.42. The van der Waals surface area contributed by atoms with Crippen LogP contribution in [0.1, 0.15) is 62.5 Å². The Hall–Kier alpha value is -2.86. The van der Waals surface area contributed by atoms with Gasteiger partial charge in [0, 0.05) is 6.61 Å². The van der Waals surface area contributed by atoms with E-state index < -0.39 is 0 Å². The molecule has 1 saturated heterocycles. The van der Waals surface area contributed by atoms with Crippen LogP contribution in [0.5, 0.6) is 5.75 Å². The molecular weight excluding hydrogens is 402 g/mol. The lowest BCUT2D eigenvalue weighted by atomic mass is 10.0. The van der Waals surface area contributed by atoms with Crippen molar-refractivity contribution in [2.24, 2.45) is 0 Å². The van der Waals surface area contributed by atoms with Crippen molar-refractivity contribution in [1.82, 2.24) is 14.9 Å². The molecule has 1 aromatic heterocycles. The topological polar surface area (TPSA) is 65.4 Å². The van der Waals surface area contributed by atoms with E-state index >= 15 is 0 Å². The van der Waals surface area contributed by atoms with Gasteiger partial charge < -0.3 is 19.4 Å². The standard InChI is InChI=1S/C26H33N3O3/c1-17(2)20-12-11-18(3)16-24(20)32-15-13-29-22-9-6-5-8-21(22)28-25(29)19(4)27-26(30)23-10-7-14-31-23/h5-6,8-9,11-12,16-17,19,23H,7,10,13-15H2,1-4H3,(H,27,30). The molecular formula is C26H33N3O3. The lowest BCUT2D eigenvalue weighted by molar-refractivity contribution is -0.130. The number of hydrogen-bond acceptors (Lipinski definition) is 4. The van der Waals surface area contributed by atoms with Crippen molar-refractivity contribution in [2.45, 2.75) is 65.1 Å². The number of aromatic nitrogens is 2. The molecule has 2 unspecified atom stereocenters. The summed E-state index contributed by atoms with van der Waals surface area (Å²) in [4.78, 5) is 17.4. The first-order valence-corrected chi connectivity index (χ1v) is 11.5. The molecule has 6 nitrogen and oxygen atoms in total. The Morgan fingerprint density at radius 2 is 2.06 bits per heavy atom. The molecule has 32 heavy (non-hydrogen) atoms. The van der Waals surface area contributed by atoms with Gasteiger partial charge in [-0.3, -0.25) is 4.79 Å². The van der Waals surface area contributed by atoms with E-state index in [0.29, 0.717) is 25.7 Å². The number of nitrogens with one attached hydrogen (secondary N) is 1. The molecule has 0 bridgehead atoms. The second-order valence-electron chi connectivity index (χ2n) is 8.89. The van der Waals surface area contributed by atoms with E-state index in [-0.39, 0.29) is 18.1 Å². The van der Waals surface area contributed by atoms with E-state index in [0.717, 1.165) is 35.4 Å². The molecule has 6 heteroatoms. The zero-order valence-corrected chi connectivity index (χ0v) is 19.4. The number of aryl methyl sites for hydroxylation is 1. The number of rotatable bonds is 8. The van der Waals surface area contributed by atoms with E-state index in [9.17, 15) is 4.79 Å². The van der Waals surface area contributed by atoms with Gasteiger partial charge in [-0.05, 0) is 61.9 Å². The summed E-state index contributed by atoms with van der Waals surface area (Å²) in [5, 5.41) is 3.09. The molecule has 0 radical (unpaired) electrons. The summed E-state index contributed by atoms with van der Waals surface area (Å²) in [6.07, 6.45) is 1.35. The van der Waals surface area contributed by atoms with Gasteiger partial charge in [0.15, 0.2) is 0 Å². The number of ether oxygens (including phenoxy) is 2. The highest BCUT2D eigenvalue weighted by atomic mass is 16.5. The molecule has 1 N–H and O–H groups in total. The van der Waals surface area contributed by atoms with Crippen LogP contribution in [0.4, 0.5) is 0 Å². The summed E-state index contributed by atoms with van der Waals surface area (Å²) < 4.78 is 13.9. The number of para-hydroxylation sites is 2. The van der Waals surface area contributed by atoms with Gasteiger partial charge in [-0.2, -0.15) is 0 Å². The highest BCUT2D eigenvalue weighted by Gasteiger charge is 2.26. The smallest absolute Gasteiger partial charge is 0.249 e. The van der Waals surface area contributed by atoms with Crippen molar-refractivity contribution in [3.63, 3.8) is 0 Å². The Morgan fingerprint density at radius 3 is 2.81 bits per heavy atom. The summed E-state index contributed by atoms with van der Waals surface area (Å²) in [5.74, 6) is 2.09. The van der Waals surface area contributed by atoms with Crippen molar-refractivity contribution in [2.75, 3.05) is 13.2 Å². The van der Waals surface area contributed by atoms with Crippen LogP contribution in [0.25, 0.3) is 11.0 Å². The molecule has 1 aliphatic rings. The number of fused-ring (bicyclic) bond motifs is 1. The summed E-state index contributed by atoms with van der Waals surface area (Å²) in [5.41, 5.74) is 4.35. The van der Waals surface area contributed by atoms with E-state index in [2.05, 4.69) is 54.9 Å². The molecule has 0 aliphatic carbocycles. The van der Waals surface area contributed by atoms with E-state index in [1.807, 2.05) is 25.1 Å². The van der Waals surface area contributed by atoms with Crippen LogP contribution in [0.15, 0.2) is 42.5 Å². The van der Waals surface area contributed by atoms with Crippen molar-refractivity contribution in [3.05, 3.63) is 59.4 Å². The van der Waals surface area contributed by atoms with Crippen molar-refractivity contribution in [1.29, 1.82) is 0 Å². The van der Waals surface area contributed by atoms with Crippen LogP contribution < -0.4 is 10.1 Å². The zero-order chi connectivity index (χ0) is 22.7. The maximum atomic E-state index is 12.6. The Bertz CT molecular complexity index is 1080. The van der Waals surface area contributed by atoms with E-state index in [1.165, 1.54) is 11.1 Å². The molecule has 1 fully saturated rings. The Balaban J connectivity index is 1.53. The maximum Gasteiger partial charge on any atom is 0.249 e. The number of amides is 1. The Morgan fingerprint density at radius 1 is 1.25 bits per heavy atom. The quantitative estimate of drug-likeness (QED) is 0.546. The fourth-order valence-corrected chi connectivity index (χ4v) is 4.31. The van der Waals surface area contributed by atoms with E-state index in [4.69, 9.17) is 14.5 Å². The highest BCUT2D eigenvalue weighted by molar-refractivity contribution is 5.81. The predicted octanol–water partition coefficient (Wildman–Crippen LogP) is 4.90. The van der Waals surface area contributed by atoms with Crippen LogP contribution in [-0.4, -0.2) is 34.8 Å². The number of carbonyl (C=O) groups is 1. The molecule has 3 aromatic rings. The van der Waals surface area contributed by atoms with Gasteiger partial charge >= 0.3 is 0 Å². The predicted molar refractivity (Wildman–Crippen MR) is 126 cm³/mol. The minimum atomic E-state index is -0.352. The maximum absolute atomic E-state index is 12.6. The van der Waals surface area contributed by atoms with Crippen molar-refractivity contribution in [3.8, 4) is 5.75 Å². The van der Waals surface area contributed by atoms with Gasteiger partial charge in [0.25, 0.3) is 0 Å². The van der Waals surface area contributed by atoms with Crippen LogP contribution in [0.3, 0.4) is 0 Å². The second kappa shape index (κ2) is 9.74. The van der Waals surface area contributed by atoms with Crippen LogP contribution in [0, 0.1) is 6.92 Å². The molecule has 2 atom stereocenters. The monoisotopic (exact) mass is 435 g/mol. The van der Waals surface area contributed by atoms with Crippen LogP contribution in [-0.2, 0) is 16.1 Å². The third-order valence-electron chi connectivity index (χ3n) is 6.02. The molecule has 0 saturated carbocycles. The number of imidazole rings is 1. The van der Waals surface area contributed by atoms with Gasteiger partial charge in [0.05, 0.1) is 23.6 Å². The molecule has 1 aliphatic heterocycles. The first-order valence-electron chi connectivity index (χ1n) is 11.5. The number of benzene rings is 2. The second-order valence-corrected chi connectivity index (χ2v) is 8.89. The summed E-state index contributed by atoms with van der Waals surface area (Å²) in [6, 6.07) is 14.2. The molecule has 2 heterocycles. The largest absolute Gasteiger partial charge is 0.491 e. The zero-order valence-electron chi connectivity index (χ0n) is 19.4. The van der Waals surface area contributed by atoms with Gasteiger partial charge in [0.1, 0.15) is 24.3 Å². The third kappa shape index (κ3) is 4.80. The minimum Gasteiger partial charge on any atom is -0.491 e. The van der Waals surface area contributed by atoms with Crippen molar-refractivity contribution >= 4 is 16.9 Å². The SMILES string of the molecule is Cc1ccc(C(C)C)c(OCCn2c(C(C)NC(=O)C3CCCO3)nc3ccccc32)c1. The van der Waals surface area contributed by atoms with Gasteiger partial charge in [-0.15, -0.1) is 0 Å². The van der Waals surface area contributed by atoms with Gasteiger partial charge in [0.2, 0.25) is 5.91 Å². The van der Waals surface area contributed by atoms with E-state index in [1.54, 1.807) is 0 Å². The third-order valence-corrected chi connectivity index (χ3v) is 6.02. The first kappa shape index (κ1) is 22.3. The number of hydrogen-bond donors (Lipinski definition) is 1. The Kier molecular flexibility index (Phi) is 6.80. The minimum absolute atomic E-state index is 0.0637. The number of carbonyl (C=O) groups excluding carboxylic acids is 1. The molecule has 4 rings (SSSR count). The fourth-order valence-electron chi connectivity index (χ4n) is 4.31. The summed E-state index contributed by atoms with van der Waals surface area (Å²) >= 11 is 0. The van der Waals surface area contributed by atoms with Gasteiger partial charge in [-0.1, -0.05) is 38.1 Å². The fraction of sp³-hybridized carbons (Fsp3) is 0.462. The summed E-state index contributed by atoms with van der Waals surface area (Å²) in [7, 11) is 0. The van der Waals surface area contributed by atoms with Crippen LogP contribution in [0.2, 0.25) is 0 Å². The first-order chi connectivity index (χ1) is 15.4. The lowest BCUT2D eigenvalue weighted by Gasteiger charge is -2.19. The van der Waals surface area contributed by atoms with Gasteiger partial charge in [-0.25, -0.2) is 4.98 Å². The van der Waals surface area contributed by atoms with Crippen molar-refractivity contribution < 1.29 is 14.3 Å².